The smallest absolute Gasteiger partial charge is 0.328 e. The molecule has 4 heterocycles. The molecule has 0 spiro atoms. The van der Waals surface area contributed by atoms with E-state index in [4.69, 9.17) is 20.3 Å². The first-order valence-corrected chi connectivity index (χ1v) is 16.2. The molecule has 3 N–H and O–H groups in total. The second-order valence-corrected chi connectivity index (χ2v) is 13.4. The van der Waals surface area contributed by atoms with E-state index in [9.17, 15) is 4.79 Å². The third-order valence-electron chi connectivity index (χ3n) is 8.91. The van der Waals surface area contributed by atoms with E-state index in [0.29, 0.717) is 32.7 Å². The summed E-state index contributed by atoms with van der Waals surface area (Å²) in [6.45, 7) is 9.13. The first-order valence-electron chi connectivity index (χ1n) is 16.2. The van der Waals surface area contributed by atoms with Gasteiger partial charge in [0.2, 0.25) is 0 Å². The summed E-state index contributed by atoms with van der Waals surface area (Å²) in [6, 6.07) is 5.53. The number of nitrogens with one attached hydrogen (secondary N) is 1. The first kappa shape index (κ1) is 31.5. The van der Waals surface area contributed by atoms with Crippen molar-refractivity contribution in [1.82, 2.24) is 20.0 Å². The number of carbonyl (C=O) groups is 1. The number of allylic oxidation sites excluding steroid dienone is 3. The second-order valence-electron chi connectivity index (χ2n) is 13.4. The molecular weight excluding hydrogens is 545 g/mol. The molecule has 8 nitrogen and oxygen atoms in total. The number of alkyl halides is 1. The Morgan fingerprint density at radius 2 is 2.14 bits per heavy atom. The predicted molar refractivity (Wildman–Crippen MR) is 168 cm³/mol. The van der Waals surface area contributed by atoms with Gasteiger partial charge in [-0.3, -0.25) is 9.58 Å². The fraction of sp³-hybridized carbons (Fsp3) is 0.647. The number of esters is 1. The summed E-state index contributed by atoms with van der Waals surface area (Å²) in [7, 11) is 0. The monoisotopic (exact) mass is 595 g/mol. The van der Waals surface area contributed by atoms with Gasteiger partial charge >= 0.3 is 5.97 Å². The van der Waals surface area contributed by atoms with Crippen LogP contribution in [0.2, 0.25) is 0 Å². The molecule has 0 aliphatic carbocycles. The molecule has 2 aromatic rings. The minimum Gasteiger partial charge on any atom is -0.459 e. The van der Waals surface area contributed by atoms with Crippen LogP contribution >= 0.6 is 0 Å². The minimum atomic E-state index is -0.880. The molecule has 236 valence electrons. The standard InChI is InChI=1S/C34H50FN5O3/c1-34(2,3)43-33(41)31(28-14-9-12-25-21-38-40(30(25)28)27-17-20-42-23-27)39-19-16-26(22-39)29(35)15-8-6-4-5-7-11-24-13-10-18-37-32(24)36/h7,9,11-12,14,21,26-27,29,31,37H,4-6,8,10,13,15-20,22-23,36H2,1-3H3/b11-7-/t26-,27-,29?,31?/m1/s1. The average Bonchev–Trinajstić information content (AvgIpc) is 3.74. The maximum absolute atomic E-state index is 15.5. The number of nitrogens with two attached hydrogens (primary N) is 1. The minimum absolute atomic E-state index is 0.0918. The number of hydrogen-bond acceptors (Lipinski definition) is 7. The SMILES string of the molecule is CC(C)(C)OC(=O)C(c1cccc2cnn([C@@H]3CCOC3)c12)N1CC[C@@H](C(F)CCCCC/C=C\C2=C(N)NCCC2)C1. The lowest BCUT2D eigenvalue weighted by molar-refractivity contribution is -0.161. The van der Waals surface area contributed by atoms with E-state index >= 15 is 4.39 Å². The highest BCUT2D eigenvalue weighted by molar-refractivity contribution is 5.89. The highest BCUT2D eigenvalue weighted by Gasteiger charge is 2.40. The van der Waals surface area contributed by atoms with E-state index in [1.54, 1.807) is 0 Å². The van der Waals surface area contributed by atoms with Crippen molar-refractivity contribution in [2.45, 2.75) is 102 Å². The number of carbonyl (C=O) groups excluding carboxylic acids is 1. The van der Waals surface area contributed by atoms with Gasteiger partial charge in [0.15, 0.2) is 0 Å². The Kier molecular flexibility index (Phi) is 10.4. The van der Waals surface area contributed by atoms with Gasteiger partial charge in [0, 0.05) is 36.6 Å². The van der Waals surface area contributed by atoms with Gasteiger partial charge in [-0.05, 0) is 77.8 Å². The number of likely N-dealkylation sites (tertiary alicyclic amines) is 1. The summed E-state index contributed by atoms with van der Waals surface area (Å²) in [6.07, 6.45) is 13.6. The average molecular weight is 596 g/mol. The van der Waals surface area contributed by atoms with Crippen molar-refractivity contribution in [3.63, 3.8) is 0 Å². The number of aromatic nitrogens is 2. The molecule has 3 aliphatic heterocycles. The third kappa shape index (κ3) is 7.98. The number of benzene rings is 1. The van der Waals surface area contributed by atoms with Crippen molar-refractivity contribution in [3.05, 3.63) is 53.5 Å². The Labute approximate surface area is 255 Å². The molecule has 43 heavy (non-hydrogen) atoms. The number of rotatable bonds is 12. The molecule has 0 amide bonds. The van der Waals surface area contributed by atoms with Crippen LogP contribution in [0, 0.1) is 5.92 Å². The van der Waals surface area contributed by atoms with Crippen LogP contribution in [0.25, 0.3) is 10.9 Å². The van der Waals surface area contributed by atoms with Gasteiger partial charge in [0.25, 0.3) is 0 Å². The van der Waals surface area contributed by atoms with Crippen LogP contribution in [0.1, 0.15) is 96.2 Å². The molecule has 5 rings (SSSR count). The quantitative estimate of drug-likeness (QED) is 0.226. The van der Waals surface area contributed by atoms with Crippen molar-refractivity contribution in [2.75, 3.05) is 32.8 Å². The van der Waals surface area contributed by atoms with Crippen LogP contribution in [-0.4, -0.2) is 65.3 Å². The predicted octanol–water partition coefficient (Wildman–Crippen LogP) is 6.10. The lowest BCUT2D eigenvalue weighted by Crippen LogP contribution is -2.38. The van der Waals surface area contributed by atoms with Gasteiger partial charge in [-0.25, -0.2) is 9.18 Å². The summed E-state index contributed by atoms with van der Waals surface area (Å²) >= 11 is 0. The van der Waals surface area contributed by atoms with Crippen molar-refractivity contribution >= 4 is 16.9 Å². The molecule has 4 atom stereocenters. The third-order valence-corrected chi connectivity index (χ3v) is 8.91. The Hall–Kier alpha value is -2.91. The summed E-state index contributed by atoms with van der Waals surface area (Å²) in [5.41, 5.74) is 8.42. The number of hydrogen-bond donors (Lipinski definition) is 2. The summed E-state index contributed by atoms with van der Waals surface area (Å²) in [4.78, 5) is 15.9. The molecule has 2 unspecified atom stereocenters. The second kappa shape index (κ2) is 14.2. The Morgan fingerprint density at radius 1 is 1.28 bits per heavy atom. The maximum atomic E-state index is 15.5. The number of unbranched alkanes of at least 4 members (excludes halogenated alkanes) is 3. The lowest BCUT2D eigenvalue weighted by Gasteiger charge is -2.31. The Bertz CT molecular complexity index is 1290. The molecule has 0 radical (unpaired) electrons. The van der Waals surface area contributed by atoms with E-state index < -0.39 is 17.8 Å². The van der Waals surface area contributed by atoms with Crippen LogP contribution in [0.15, 0.2) is 47.9 Å². The largest absolute Gasteiger partial charge is 0.459 e. The Morgan fingerprint density at radius 3 is 2.91 bits per heavy atom. The van der Waals surface area contributed by atoms with Crippen LogP contribution in [0.4, 0.5) is 4.39 Å². The summed E-state index contributed by atoms with van der Waals surface area (Å²) in [5.74, 6) is 0.417. The van der Waals surface area contributed by atoms with Gasteiger partial charge in [-0.1, -0.05) is 43.2 Å². The molecular formula is C34H50FN5O3. The van der Waals surface area contributed by atoms with Crippen LogP contribution < -0.4 is 11.1 Å². The number of fused-ring (bicyclic) bond motifs is 1. The lowest BCUT2D eigenvalue weighted by atomic mass is 9.97. The summed E-state index contributed by atoms with van der Waals surface area (Å²) in [5, 5.41) is 8.91. The number of para-hydroxylation sites is 1. The van der Waals surface area contributed by atoms with Crippen molar-refractivity contribution in [3.8, 4) is 0 Å². The molecule has 0 saturated carbocycles. The van der Waals surface area contributed by atoms with E-state index in [2.05, 4.69) is 22.4 Å². The van der Waals surface area contributed by atoms with Crippen LogP contribution in [-0.2, 0) is 14.3 Å². The normalized spacial score (nSPS) is 23.3. The molecule has 2 saturated heterocycles. The topological polar surface area (TPSA) is 94.6 Å². The number of halogens is 1. The van der Waals surface area contributed by atoms with Gasteiger partial charge in [0.05, 0.1) is 30.2 Å². The molecule has 0 bridgehead atoms. The fourth-order valence-electron chi connectivity index (χ4n) is 6.68. The highest BCUT2D eigenvalue weighted by Crippen LogP contribution is 2.37. The highest BCUT2D eigenvalue weighted by atomic mass is 19.1. The van der Waals surface area contributed by atoms with Gasteiger partial charge in [-0.2, -0.15) is 5.10 Å². The van der Waals surface area contributed by atoms with E-state index in [1.807, 2.05) is 49.8 Å². The van der Waals surface area contributed by atoms with Crippen LogP contribution in [0.3, 0.4) is 0 Å². The zero-order valence-electron chi connectivity index (χ0n) is 26.2. The van der Waals surface area contributed by atoms with Crippen molar-refractivity contribution < 1.29 is 18.7 Å². The molecule has 3 aliphatic rings. The van der Waals surface area contributed by atoms with Crippen molar-refractivity contribution in [2.24, 2.45) is 11.7 Å². The number of ether oxygens (including phenoxy) is 2. The van der Waals surface area contributed by atoms with E-state index in [-0.39, 0.29) is 17.9 Å². The van der Waals surface area contributed by atoms with E-state index in [0.717, 1.165) is 80.2 Å². The van der Waals surface area contributed by atoms with E-state index in [1.165, 1.54) is 5.57 Å². The van der Waals surface area contributed by atoms with Crippen LogP contribution in [0.5, 0.6) is 0 Å². The fourth-order valence-corrected chi connectivity index (χ4v) is 6.68. The maximum Gasteiger partial charge on any atom is 0.328 e. The number of nitrogens with zero attached hydrogens (tertiary/aromatic N) is 3. The van der Waals surface area contributed by atoms with Gasteiger partial charge in [0.1, 0.15) is 17.8 Å². The first-order chi connectivity index (χ1) is 20.7. The zero-order valence-corrected chi connectivity index (χ0v) is 26.2. The molecule has 1 aromatic carbocycles. The zero-order chi connectivity index (χ0) is 30.4. The molecule has 1 aromatic heterocycles. The van der Waals surface area contributed by atoms with Gasteiger partial charge in [-0.15, -0.1) is 0 Å². The summed E-state index contributed by atoms with van der Waals surface area (Å²) < 4.78 is 29.2. The Balaban J connectivity index is 1.21. The molecule has 2 fully saturated rings. The van der Waals surface area contributed by atoms with Crippen molar-refractivity contribution in [1.29, 1.82) is 0 Å². The van der Waals surface area contributed by atoms with Gasteiger partial charge < -0.3 is 20.5 Å². The molecule has 9 heteroatoms.